The van der Waals surface area contributed by atoms with E-state index in [4.69, 9.17) is 25.5 Å². The largest absolute Gasteiger partial charge is 0.493 e. The molecule has 0 radical (unpaired) electrons. The Morgan fingerprint density at radius 3 is 2.52 bits per heavy atom. The van der Waals surface area contributed by atoms with Crippen LogP contribution >= 0.6 is 27.5 Å². The van der Waals surface area contributed by atoms with Crippen molar-refractivity contribution in [2.75, 3.05) is 19.1 Å². The van der Waals surface area contributed by atoms with Gasteiger partial charge in [-0.25, -0.2) is 4.98 Å². The summed E-state index contributed by atoms with van der Waals surface area (Å²) < 4.78 is 17.5. The first kappa shape index (κ1) is 21.5. The molecular formula is C24H16BrClN2O5. The number of aromatic nitrogens is 1. The van der Waals surface area contributed by atoms with Gasteiger partial charge in [-0.2, -0.15) is 0 Å². The van der Waals surface area contributed by atoms with E-state index in [2.05, 4.69) is 20.9 Å². The summed E-state index contributed by atoms with van der Waals surface area (Å²) >= 11 is 9.41. The van der Waals surface area contributed by atoms with Crippen LogP contribution in [0.4, 0.5) is 5.82 Å². The van der Waals surface area contributed by atoms with Crippen molar-refractivity contribution in [2.45, 2.75) is 6.04 Å². The van der Waals surface area contributed by atoms with Gasteiger partial charge in [0.2, 0.25) is 5.76 Å². The first-order chi connectivity index (χ1) is 15.9. The molecule has 2 aromatic carbocycles. The van der Waals surface area contributed by atoms with Gasteiger partial charge in [-0.3, -0.25) is 14.5 Å². The SMILES string of the molecule is COc1ccc(C2c3c(oc4ccc(Br)cc4c3=O)C(=O)N2c2ccc(Cl)cn2)cc1OC. The number of hydrogen-bond donors (Lipinski definition) is 0. The normalized spacial score (nSPS) is 15.1. The lowest BCUT2D eigenvalue weighted by molar-refractivity contribution is 0.0970. The van der Waals surface area contributed by atoms with E-state index in [1.165, 1.54) is 25.3 Å². The van der Waals surface area contributed by atoms with Crippen molar-refractivity contribution in [3.63, 3.8) is 0 Å². The van der Waals surface area contributed by atoms with Gasteiger partial charge in [-0.1, -0.05) is 33.6 Å². The number of methoxy groups -OCH3 is 2. The number of ether oxygens (including phenoxy) is 2. The van der Waals surface area contributed by atoms with Crippen LogP contribution in [0.2, 0.25) is 5.02 Å². The average molecular weight is 528 g/mol. The summed E-state index contributed by atoms with van der Waals surface area (Å²) in [6.45, 7) is 0. The number of fused-ring (bicyclic) bond motifs is 2. The van der Waals surface area contributed by atoms with E-state index in [0.717, 1.165) is 4.47 Å². The van der Waals surface area contributed by atoms with E-state index in [1.54, 1.807) is 48.5 Å². The third-order valence-electron chi connectivity index (χ3n) is 5.51. The molecule has 1 unspecified atom stereocenters. The smallest absolute Gasteiger partial charge is 0.296 e. The summed E-state index contributed by atoms with van der Waals surface area (Å²) in [6.07, 6.45) is 1.45. The quantitative estimate of drug-likeness (QED) is 0.355. The molecule has 1 aliphatic heterocycles. The van der Waals surface area contributed by atoms with Crippen LogP contribution < -0.4 is 19.8 Å². The number of halogens is 2. The Morgan fingerprint density at radius 2 is 1.82 bits per heavy atom. The third kappa shape index (κ3) is 3.46. The highest BCUT2D eigenvalue weighted by Crippen LogP contribution is 2.43. The van der Waals surface area contributed by atoms with Crippen molar-refractivity contribution in [3.8, 4) is 11.5 Å². The predicted molar refractivity (Wildman–Crippen MR) is 128 cm³/mol. The number of carbonyl (C=O) groups is 1. The highest BCUT2D eigenvalue weighted by Gasteiger charge is 2.44. The predicted octanol–water partition coefficient (Wildman–Crippen LogP) is 5.37. The van der Waals surface area contributed by atoms with Gasteiger partial charge >= 0.3 is 0 Å². The van der Waals surface area contributed by atoms with E-state index >= 15 is 0 Å². The molecule has 0 fully saturated rings. The lowest BCUT2D eigenvalue weighted by Gasteiger charge is -2.24. The third-order valence-corrected chi connectivity index (χ3v) is 6.23. The first-order valence-electron chi connectivity index (χ1n) is 9.86. The molecule has 1 aliphatic rings. The monoisotopic (exact) mass is 526 g/mol. The van der Waals surface area contributed by atoms with Crippen molar-refractivity contribution < 1.29 is 18.7 Å². The minimum Gasteiger partial charge on any atom is -0.493 e. The van der Waals surface area contributed by atoms with E-state index < -0.39 is 11.9 Å². The maximum Gasteiger partial charge on any atom is 0.296 e. The Balaban J connectivity index is 1.81. The fourth-order valence-corrected chi connectivity index (χ4v) is 4.50. The Hall–Kier alpha value is -3.36. The highest BCUT2D eigenvalue weighted by molar-refractivity contribution is 9.10. The Labute approximate surface area is 201 Å². The Bertz CT molecular complexity index is 1470. The van der Waals surface area contributed by atoms with E-state index in [0.29, 0.717) is 38.9 Å². The molecule has 9 heteroatoms. The number of carbonyl (C=O) groups excluding carboxylic acids is 1. The molecule has 7 nitrogen and oxygen atoms in total. The van der Waals surface area contributed by atoms with Gasteiger partial charge in [0.25, 0.3) is 5.91 Å². The molecule has 33 heavy (non-hydrogen) atoms. The molecule has 3 heterocycles. The lowest BCUT2D eigenvalue weighted by atomic mass is 9.98. The lowest BCUT2D eigenvalue weighted by Crippen LogP contribution is -2.30. The molecule has 0 saturated carbocycles. The highest BCUT2D eigenvalue weighted by atomic mass is 79.9. The summed E-state index contributed by atoms with van der Waals surface area (Å²) in [4.78, 5) is 33.0. The molecule has 0 N–H and O–H groups in total. The van der Waals surface area contributed by atoms with E-state index in [-0.39, 0.29) is 16.8 Å². The van der Waals surface area contributed by atoms with Gasteiger partial charge < -0.3 is 13.9 Å². The number of nitrogens with zero attached hydrogens (tertiary/aromatic N) is 2. The molecule has 0 aliphatic carbocycles. The fraction of sp³-hybridized carbons (Fsp3) is 0.125. The Kier molecular flexibility index (Phi) is 5.34. The summed E-state index contributed by atoms with van der Waals surface area (Å²) in [5.74, 6) is 0.831. The molecule has 166 valence electrons. The van der Waals surface area contributed by atoms with E-state index in [1.807, 2.05) is 0 Å². The number of amides is 1. The maximum atomic E-state index is 13.7. The van der Waals surface area contributed by atoms with Crippen LogP contribution in [0.15, 0.2) is 68.4 Å². The molecule has 0 bridgehead atoms. The van der Waals surface area contributed by atoms with Gasteiger partial charge in [-0.05, 0) is 48.0 Å². The minimum absolute atomic E-state index is 0.0219. The number of pyridine rings is 1. The van der Waals surface area contributed by atoms with Crippen LogP contribution in [0.5, 0.6) is 11.5 Å². The molecule has 0 spiro atoms. The van der Waals surface area contributed by atoms with Crippen LogP contribution in [0.3, 0.4) is 0 Å². The molecule has 1 atom stereocenters. The van der Waals surface area contributed by atoms with Crippen molar-refractivity contribution >= 4 is 50.2 Å². The maximum absolute atomic E-state index is 13.7. The minimum atomic E-state index is -0.791. The second kappa shape index (κ2) is 8.20. The van der Waals surface area contributed by atoms with Gasteiger partial charge in [0.15, 0.2) is 16.9 Å². The van der Waals surface area contributed by atoms with Gasteiger partial charge in [0.1, 0.15) is 11.4 Å². The number of rotatable bonds is 4. The second-order valence-corrected chi connectivity index (χ2v) is 8.69. The zero-order valence-corrected chi connectivity index (χ0v) is 19.8. The number of benzene rings is 2. The molecular weight excluding hydrogens is 512 g/mol. The van der Waals surface area contributed by atoms with Crippen LogP contribution in [0, 0.1) is 0 Å². The molecule has 5 rings (SSSR count). The standard InChI is InChI=1S/C24H16BrClN2O5/c1-31-17-6-3-12(9-18(17)32-2)21-20-22(29)15-10-13(25)4-7-16(15)33-23(20)24(30)28(21)19-8-5-14(26)11-27-19/h3-11,21H,1-2H3. The van der Waals surface area contributed by atoms with Crippen molar-refractivity contribution in [2.24, 2.45) is 0 Å². The van der Waals surface area contributed by atoms with Crippen LogP contribution in [-0.2, 0) is 0 Å². The fourth-order valence-electron chi connectivity index (χ4n) is 4.03. The Morgan fingerprint density at radius 1 is 1.03 bits per heavy atom. The zero-order valence-electron chi connectivity index (χ0n) is 17.5. The van der Waals surface area contributed by atoms with Crippen LogP contribution in [0.1, 0.15) is 27.7 Å². The van der Waals surface area contributed by atoms with E-state index in [9.17, 15) is 9.59 Å². The molecule has 4 aromatic rings. The average Bonchev–Trinajstić information content (AvgIpc) is 3.12. The van der Waals surface area contributed by atoms with Gasteiger partial charge in [0.05, 0.1) is 36.2 Å². The molecule has 2 aromatic heterocycles. The summed E-state index contributed by atoms with van der Waals surface area (Å²) in [7, 11) is 3.06. The van der Waals surface area contributed by atoms with Crippen molar-refractivity contribution in [1.29, 1.82) is 0 Å². The van der Waals surface area contributed by atoms with Crippen LogP contribution in [0.25, 0.3) is 11.0 Å². The summed E-state index contributed by atoms with van der Waals surface area (Å²) in [5, 5.41) is 0.794. The summed E-state index contributed by atoms with van der Waals surface area (Å²) in [6, 6.07) is 12.8. The van der Waals surface area contributed by atoms with Crippen molar-refractivity contribution in [1.82, 2.24) is 4.98 Å². The molecule has 1 amide bonds. The molecule has 0 saturated heterocycles. The first-order valence-corrected chi connectivity index (χ1v) is 11.0. The zero-order chi connectivity index (χ0) is 23.3. The topological polar surface area (TPSA) is 81.9 Å². The van der Waals surface area contributed by atoms with Gasteiger partial charge in [0, 0.05) is 10.7 Å². The number of hydrogen-bond acceptors (Lipinski definition) is 6. The summed E-state index contributed by atoms with van der Waals surface area (Å²) in [5.41, 5.74) is 0.900. The van der Waals surface area contributed by atoms with Crippen LogP contribution in [-0.4, -0.2) is 25.1 Å². The van der Waals surface area contributed by atoms with Gasteiger partial charge in [-0.15, -0.1) is 0 Å². The van der Waals surface area contributed by atoms with Crippen molar-refractivity contribution in [3.05, 3.63) is 91.3 Å². The second-order valence-electron chi connectivity index (χ2n) is 7.34. The number of anilines is 1.